The molecular weight excluding hydrogens is 728 g/mol. The van der Waals surface area contributed by atoms with E-state index in [1.165, 1.54) is 0 Å². The fraction of sp³-hybridized carbons (Fsp3) is 0.862. The fourth-order valence-corrected chi connectivity index (χ4v) is 7.92. The van der Waals surface area contributed by atoms with E-state index in [1.54, 1.807) is 0 Å². The maximum absolute atomic E-state index is 15.6. The standard InChI is InChI=1S/C29H26F20/c30-10-6(11(31)19(39)26(46)18(10)38)2-1-3(7-12(32)20(40)27(47)21(41)13(7)33)5(9-16(36)24(44)29(49)25(45)17(9)37)4(2)8-14(34)22(42)28(48)23(43)15(8)35/h6-29H,1H2. The van der Waals surface area contributed by atoms with Gasteiger partial charge in [0.1, 0.15) is 49.4 Å². The Morgan fingerprint density at radius 3 is 0.531 bits per heavy atom. The number of rotatable bonds is 4. The largest absolute Gasteiger partial charge is 0.243 e. The summed E-state index contributed by atoms with van der Waals surface area (Å²) in [5.41, 5.74) is -7.32. The van der Waals surface area contributed by atoms with Crippen LogP contribution < -0.4 is 0 Å². The molecule has 0 heterocycles. The average molecular weight is 754 g/mol. The van der Waals surface area contributed by atoms with Crippen LogP contribution in [0.25, 0.3) is 0 Å². The molecule has 0 spiro atoms. The predicted octanol–water partition coefficient (Wildman–Crippen LogP) is 8.26. The first kappa shape index (κ1) is 38.3. The van der Waals surface area contributed by atoms with E-state index in [1.807, 2.05) is 0 Å². The highest BCUT2D eigenvalue weighted by Gasteiger charge is 2.65. The summed E-state index contributed by atoms with van der Waals surface area (Å²) in [6.07, 6.45) is -76.7. The fourth-order valence-electron chi connectivity index (χ4n) is 7.92. The zero-order valence-electron chi connectivity index (χ0n) is 24.1. The van der Waals surface area contributed by atoms with Crippen molar-refractivity contribution in [3.63, 3.8) is 0 Å². The van der Waals surface area contributed by atoms with Crippen LogP contribution >= 0.6 is 0 Å². The Kier molecular flexibility index (Phi) is 10.6. The van der Waals surface area contributed by atoms with Crippen LogP contribution in [0.1, 0.15) is 6.42 Å². The second kappa shape index (κ2) is 13.6. The Hall–Kier alpha value is -1.92. The van der Waals surface area contributed by atoms with Crippen molar-refractivity contribution >= 4 is 0 Å². The third kappa shape index (κ3) is 5.63. The normalized spacial score (nSPS) is 57.6. The maximum atomic E-state index is 15.6. The predicted molar refractivity (Wildman–Crippen MR) is 131 cm³/mol. The second-order valence-corrected chi connectivity index (χ2v) is 13.0. The quantitative estimate of drug-likeness (QED) is 0.254. The van der Waals surface area contributed by atoms with Crippen molar-refractivity contribution in [2.24, 2.45) is 23.7 Å². The Bertz CT molecular complexity index is 1120. The Morgan fingerprint density at radius 2 is 0.347 bits per heavy atom. The molecule has 0 aromatic heterocycles. The highest BCUT2D eigenvalue weighted by molar-refractivity contribution is 5.56. The number of hydrogen-bond donors (Lipinski definition) is 0. The summed E-state index contributed by atoms with van der Waals surface area (Å²) >= 11 is 0. The Balaban J connectivity index is 1.85. The molecule has 0 saturated heterocycles. The minimum Gasteiger partial charge on any atom is -0.243 e. The van der Waals surface area contributed by atoms with E-state index in [-0.39, 0.29) is 0 Å². The van der Waals surface area contributed by atoms with E-state index in [2.05, 4.69) is 0 Å². The van der Waals surface area contributed by atoms with Crippen LogP contribution in [0.4, 0.5) is 87.8 Å². The van der Waals surface area contributed by atoms with Gasteiger partial charge >= 0.3 is 0 Å². The third-order valence-electron chi connectivity index (χ3n) is 10.4. The van der Waals surface area contributed by atoms with Crippen molar-refractivity contribution in [3.8, 4) is 0 Å². The number of alkyl halides is 20. The smallest absolute Gasteiger partial charge is 0.168 e. The zero-order valence-corrected chi connectivity index (χ0v) is 24.1. The molecule has 0 aromatic rings. The van der Waals surface area contributed by atoms with Crippen LogP contribution in [0.3, 0.4) is 0 Å². The van der Waals surface area contributed by atoms with E-state index in [0.29, 0.717) is 0 Å². The van der Waals surface area contributed by atoms with Gasteiger partial charge in [0.2, 0.25) is 0 Å². The SMILES string of the molecule is FC1C(F)C(F)C(C2=C(C3C(F)C(F)C(F)C(F)C3F)C(C3C(F)C(F)C(F)C(F)C3F)=C(C3C(F)C(F)C(F)C(F)C3F)C2)C(F)C1F. The molecule has 4 fully saturated rings. The molecule has 0 N–H and O–H groups in total. The number of hydrogen-bond acceptors (Lipinski definition) is 0. The molecule has 0 bridgehead atoms. The van der Waals surface area contributed by atoms with Gasteiger partial charge < -0.3 is 0 Å². The first-order chi connectivity index (χ1) is 22.7. The molecule has 20 heteroatoms. The topological polar surface area (TPSA) is 0 Å². The van der Waals surface area contributed by atoms with Gasteiger partial charge in [-0.3, -0.25) is 0 Å². The van der Waals surface area contributed by atoms with E-state index in [4.69, 9.17) is 0 Å². The van der Waals surface area contributed by atoms with Crippen molar-refractivity contribution in [1.29, 1.82) is 0 Å². The van der Waals surface area contributed by atoms with Gasteiger partial charge in [0.15, 0.2) is 74.1 Å². The van der Waals surface area contributed by atoms with Crippen LogP contribution in [0, 0.1) is 23.7 Å². The first-order valence-electron chi connectivity index (χ1n) is 15.0. The third-order valence-corrected chi connectivity index (χ3v) is 10.4. The summed E-state index contributed by atoms with van der Waals surface area (Å²) in [7, 11) is 0. The lowest BCUT2D eigenvalue weighted by Gasteiger charge is -2.44. The molecule has 5 rings (SSSR count). The van der Waals surface area contributed by atoms with Gasteiger partial charge in [0.05, 0.1) is 11.8 Å². The van der Waals surface area contributed by atoms with Gasteiger partial charge in [-0.1, -0.05) is 11.1 Å². The van der Waals surface area contributed by atoms with Gasteiger partial charge in [-0.2, -0.15) is 0 Å². The van der Waals surface area contributed by atoms with Crippen LogP contribution in [-0.4, -0.2) is 123 Å². The van der Waals surface area contributed by atoms with Crippen LogP contribution in [0.15, 0.2) is 22.3 Å². The van der Waals surface area contributed by atoms with Crippen molar-refractivity contribution in [2.45, 2.75) is 130 Å². The van der Waals surface area contributed by atoms with Gasteiger partial charge in [0.25, 0.3) is 0 Å². The summed E-state index contributed by atoms with van der Waals surface area (Å²) in [4.78, 5) is 0. The zero-order chi connectivity index (χ0) is 36.9. The van der Waals surface area contributed by atoms with E-state index in [9.17, 15) is 52.7 Å². The molecule has 0 nitrogen and oxygen atoms in total. The van der Waals surface area contributed by atoms with Gasteiger partial charge in [-0.15, -0.1) is 0 Å². The highest BCUT2D eigenvalue weighted by atomic mass is 19.2. The Morgan fingerprint density at radius 1 is 0.204 bits per heavy atom. The minimum absolute atomic E-state index is 1.70. The summed E-state index contributed by atoms with van der Waals surface area (Å²) < 4.78 is 298. The van der Waals surface area contributed by atoms with Crippen molar-refractivity contribution in [2.75, 3.05) is 0 Å². The first-order valence-corrected chi connectivity index (χ1v) is 15.0. The van der Waals surface area contributed by atoms with Gasteiger partial charge in [-0.05, 0) is 17.6 Å². The molecule has 4 saturated carbocycles. The number of halogens is 20. The van der Waals surface area contributed by atoms with Gasteiger partial charge in [0, 0.05) is 11.8 Å². The summed E-state index contributed by atoms with van der Waals surface area (Å²) in [5.74, 6) is -13.6. The molecule has 5 aliphatic carbocycles. The second-order valence-electron chi connectivity index (χ2n) is 13.0. The van der Waals surface area contributed by atoms with Crippen molar-refractivity contribution in [1.82, 2.24) is 0 Å². The number of allylic oxidation sites excluding steroid dienone is 4. The molecule has 282 valence electrons. The summed E-state index contributed by atoms with van der Waals surface area (Å²) in [6.45, 7) is 0. The van der Waals surface area contributed by atoms with Crippen LogP contribution in [0.5, 0.6) is 0 Å². The monoisotopic (exact) mass is 754 g/mol. The molecule has 0 aromatic carbocycles. The van der Waals surface area contributed by atoms with Crippen molar-refractivity contribution < 1.29 is 87.8 Å². The summed E-state index contributed by atoms with van der Waals surface area (Å²) in [5, 5.41) is 0. The van der Waals surface area contributed by atoms with E-state index in [0.717, 1.165) is 0 Å². The van der Waals surface area contributed by atoms with Crippen LogP contribution in [0.2, 0.25) is 0 Å². The molecule has 16 atom stereocenters. The molecule has 16 unspecified atom stereocenters. The molecule has 0 radical (unpaired) electrons. The molecular formula is C29H26F20. The lowest BCUT2D eigenvalue weighted by molar-refractivity contribution is -0.0884. The van der Waals surface area contributed by atoms with Crippen LogP contribution in [-0.2, 0) is 0 Å². The average Bonchev–Trinajstić information content (AvgIpc) is 3.42. The molecule has 0 aliphatic heterocycles. The lowest BCUT2D eigenvalue weighted by atomic mass is 9.66. The molecule has 49 heavy (non-hydrogen) atoms. The Labute approximate surface area is 264 Å². The van der Waals surface area contributed by atoms with Crippen molar-refractivity contribution in [3.05, 3.63) is 22.3 Å². The lowest BCUT2D eigenvalue weighted by Crippen LogP contribution is -2.57. The van der Waals surface area contributed by atoms with Gasteiger partial charge in [-0.25, -0.2) is 87.8 Å². The minimum atomic E-state index is -3.84. The molecule has 5 aliphatic rings. The van der Waals surface area contributed by atoms with E-state index < -0.39 is 176 Å². The van der Waals surface area contributed by atoms with E-state index >= 15 is 35.1 Å². The summed E-state index contributed by atoms with van der Waals surface area (Å²) in [6, 6.07) is 0. The molecule has 0 amide bonds. The maximum Gasteiger partial charge on any atom is 0.168 e. The highest BCUT2D eigenvalue weighted by Crippen LogP contribution is 2.59.